The molecule has 0 N–H and O–H groups in total. The molecular formula is C9H13NO. The first kappa shape index (κ1) is 6.92. The molecule has 0 spiro atoms. The van der Waals surface area contributed by atoms with Crippen LogP contribution >= 0.6 is 0 Å². The summed E-state index contributed by atoms with van der Waals surface area (Å²) in [5.74, 6) is 0. The van der Waals surface area contributed by atoms with Gasteiger partial charge in [-0.3, -0.25) is 4.90 Å². The molecule has 0 amide bonds. The first-order chi connectivity index (χ1) is 5.45. The minimum atomic E-state index is 1.07. The summed E-state index contributed by atoms with van der Waals surface area (Å²) in [5, 5.41) is 0. The zero-order valence-corrected chi connectivity index (χ0v) is 6.62. The van der Waals surface area contributed by atoms with Gasteiger partial charge in [-0.2, -0.15) is 0 Å². The van der Waals surface area contributed by atoms with Crippen LogP contribution in [0.3, 0.4) is 0 Å². The third-order valence-corrected chi connectivity index (χ3v) is 2.18. The number of furan rings is 1. The van der Waals surface area contributed by atoms with Crippen molar-refractivity contribution >= 4 is 0 Å². The van der Waals surface area contributed by atoms with E-state index in [1.54, 1.807) is 6.26 Å². The summed E-state index contributed by atoms with van der Waals surface area (Å²) >= 11 is 0. The molecule has 0 saturated carbocycles. The summed E-state index contributed by atoms with van der Waals surface area (Å²) in [4.78, 5) is 2.46. The molecule has 0 aliphatic carbocycles. The van der Waals surface area contributed by atoms with Gasteiger partial charge in [0, 0.05) is 12.1 Å². The van der Waals surface area contributed by atoms with Crippen LogP contribution in [0.4, 0.5) is 0 Å². The Labute approximate surface area is 66.8 Å². The molecule has 1 fully saturated rings. The van der Waals surface area contributed by atoms with Gasteiger partial charge in [-0.15, -0.1) is 0 Å². The van der Waals surface area contributed by atoms with Crippen molar-refractivity contribution in [1.29, 1.82) is 0 Å². The molecule has 60 valence electrons. The van der Waals surface area contributed by atoms with Crippen molar-refractivity contribution in [1.82, 2.24) is 4.90 Å². The van der Waals surface area contributed by atoms with E-state index < -0.39 is 0 Å². The maximum atomic E-state index is 5.00. The molecular weight excluding hydrogens is 138 g/mol. The van der Waals surface area contributed by atoms with Gasteiger partial charge in [-0.25, -0.2) is 0 Å². The lowest BCUT2D eigenvalue weighted by Crippen LogP contribution is -2.17. The first-order valence-corrected chi connectivity index (χ1v) is 4.18. The molecule has 0 atom stereocenters. The minimum absolute atomic E-state index is 1.07. The summed E-state index contributed by atoms with van der Waals surface area (Å²) in [6.07, 6.45) is 6.29. The molecule has 11 heavy (non-hydrogen) atoms. The summed E-state index contributed by atoms with van der Waals surface area (Å²) in [6.45, 7) is 3.58. The molecule has 1 aliphatic heterocycles. The van der Waals surface area contributed by atoms with E-state index in [4.69, 9.17) is 4.42 Å². The average molecular weight is 151 g/mol. The fraction of sp³-hybridized carbons (Fsp3) is 0.556. The Morgan fingerprint density at radius 1 is 1.36 bits per heavy atom. The van der Waals surface area contributed by atoms with E-state index in [1.807, 2.05) is 12.3 Å². The van der Waals surface area contributed by atoms with Crippen LogP contribution in [-0.2, 0) is 6.54 Å². The smallest absolute Gasteiger partial charge is 0.0947 e. The summed E-state index contributed by atoms with van der Waals surface area (Å²) in [7, 11) is 0. The van der Waals surface area contributed by atoms with Gasteiger partial charge in [0.05, 0.1) is 12.5 Å². The Bertz CT molecular complexity index is 199. The van der Waals surface area contributed by atoms with Crippen LogP contribution in [0, 0.1) is 0 Å². The topological polar surface area (TPSA) is 16.4 Å². The number of rotatable bonds is 2. The van der Waals surface area contributed by atoms with E-state index in [2.05, 4.69) is 4.90 Å². The van der Waals surface area contributed by atoms with E-state index in [0.29, 0.717) is 0 Å². The Hall–Kier alpha value is -0.760. The van der Waals surface area contributed by atoms with Crippen LogP contribution in [0.25, 0.3) is 0 Å². The molecule has 1 saturated heterocycles. The van der Waals surface area contributed by atoms with Crippen molar-refractivity contribution in [2.45, 2.75) is 19.4 Å². The van der Waals surface area contributed by atoms with Crippen LogP contribution < -0.4 is 0 Å². The number of nitrogens with zero attached hydrogens (tertiary/aromatic N) is 1. The van der Waals surface area contributed by atoms with Crippen molar-refractivity contribution in [3.05, 3.63) is 24.2 Å². The lowest BCUT2D eigenvalue weighted by atomic mass is 10.3. The van der Waals surface area contributed by atoms with E-state index in [9.17, 15) is 0 Å². The zero-order valence-electron chi connectivity index (χ0n) is 6.62. The van der Waals surface area contributed by atoms with Gasteiger partial charge in [-0.1, -0.05) is 0 Å². The highest BCUT2D eigenvalue weighted by Gasteiger charge is 2.11. The second kappa shape index (κ2) is 3.09. The molecule has 0 unspecified atom stereocenters. The predicted octanol–water partition coefficient (Wildman–Crippen LogP) is 1.88. The van der Waals surface area contributed by atoms with Crippen LogP contribution in [0.15, 0.2) is 23.0 Å². The summed E-state index contributed by atoms with van der Waals surface area (Å²) < 4.78 is 5.00. The molecule has 0 aromatic carbocycles. The minimum Gasteiger partial charge on any atom is -0.472 e. The summed E-state index contributed by atoms with van der Waals surface area (Å²) in [6, 6.07) is 2.04. The lowest BCUT2D eigenvalue weighted by molar-refractivity contribution is 0.330. The standard InChI is InChI=1S/C9H13NO/c1-2-5-10(4-1)7-9-3-6-11-8-9/h3,6,8H,1-2,4-5,7H2. The van der Waals surface area contributed by atoms with Crippen molar-refractivity contribution in [2.24, 2.45) is 0 Å². The summed E-state index contributed by atoms with van der Waals surface area (Å²) in [5.41, 5.74) is 1.30. The van der Waals surface area contributed by atoms with Gasteiger partial charge in [0.1, 0.15) is 0 Å². The molecule has 2 heteroatoms. The molecule has 0 bridgehead atoms. The van der Waals surface area contributed by atoms with Gasteiger partial charge in [-0.05, 0) is 32.0 Å². The highest BCUT2D eigenvalue weighted by molar-refractivity contribution is 5.05. The Morgan fingerprint density at radius 3 is 2.82 bits per heavy atom. The quantitative estimate of drug-likeness (QED) is 0.641. The van der Waals surface area contributed by atoms with Crippen molar-refractivity contribution in [3.8, 4) is 0 Å². The Balaban J connectivity index is 1.90. The highest BCUT2D eigenvalue weighted by Crippen LogP contribution is 2.12. The average Bonchev–Trinajstić information content (AvgIpc) is 2.60. The van der Waals surface area contributed by atoms with E-state index in [0.717, 1.165) is 6.54 Å². The number of hydrogen-bond acceptors (Lipinski definition) is 2. The maximum absolute atomic E-state index is 5.00. The lowest BCUT2D eigenvalue weighted by Gasteiger charge is -2.11. The largest absolute Gasteiger partial charge is 0.472 e. The van der Waals surface area contributed by atoms with Gasteiger partial charge in [0.2, 0.25) is 0 Å². The van der Waals surface area contributed by atoms with Crippen LogP contribution in [-0.4, -0.2) is 18.0 Å². The van der Waals surface area contributed by atoms with E-state index >= 15 is 0 Å². The van der Waals surface area contributed by atoms with Gasteiger partial charge in [0.15, 0.2) is 0 Å². The monoisotopic (exact) mass is 151 g/mol. The van der Waals surface area contributed by atoms with Crippen molar-refractivity contribution < 1.29 is 4.42 Å². The van der Waals surface area contributed by atoms with Crippen LogP contribution in [0.5, 0.6) is 0 Å². The fourth-order valence-corrected chi connectivity index (χ4v) is 1.58. The molecule has 1 aromatic heterocycles. The SMILES string of the molecule is c1cc(CN2CCCC2)co1. The molecule has 0 radical (unpaired) electrons. The molecule has 2 rings (SSSR count). The second-order valence-corrected chi connectivity index (χ2v) is 3.11. The Kier molecular flexibility index (Phi) is 1.95. The third-order valence-electron chi connectivity index (χ3n) is 2.18. The molecule has 1 aliphatic rings. The normalized spacial score (nSPS) is 19.3. The molecule has 1 aromatic rings. The van der Waals surface area contributed by atoms with E-state index in [-0.39, 0.29) is 0 Å². The van der Waals surface area contributed by atoms with Gasteiger partial charge < -0.3 is 4.42 Å². The highest BCUT2D eigenvalue weighted by atomic mass is 16.3. The van der Waals surface area contributed by atoms with Gasteiger partial charge in [0.25, 0.3) is 0 Å². The first-order valence-electron chi connectivity index (χ1n) is 4.18. The number of hydrogen-bond donors (Lipinski definition) is 0. The number of likely N-dealkylation sites (tertiary alicyclic amines) is 1. The third kappa shape index (κ3) is 1.63. The van der Waals surface area contributed by atoms with Crippen LogP contribution in [0.2, 0.25) is 0 Å². The molecule has 2 heterocycles. The van der Waals surface area contributed by atoms with Crippen LogP contribution in [0.1, 0.15) is 18.4 Å². The van der Waals surface area contributed by atoms with Gasteiger partial charge >= 0.3 is 0 Å². The maximum Gasteiger partial charge on any atom is 0.0947 e. The van der Waals surface area contributed by atoms with Crippen molar-refractivity contribution in [3.63, 3.8) is 0 Å². The predicted molar refractivity (Wildman–Crippen MR) is 43.2 cm³/mol. The fourth-order valence-electron chi connectivity index (χ4n) is 1.58. The molecule has 2 nitrogen and oxygen atoms in total. The zero-order chi connectivity index (χ0) is 7.52. The van der Waals surface area contributed by atoms with Crippen molar-refractivity contribution in [2.75, 3.05) is 13.1 Å². The Morgan fingerprint density at radius 2 is 2.18 bits per heavy atom. The second-order valence-electron chi connectivity index (χ2n) is 3.11. The van der Waals surface area contributed by atoms with E-state index in [1.165, 1.54) is 31.5 Å².